The van der Waals surface area contributed by atoms with Gasteiger partial charge in [-0.3, -0.25) is 0 Å². The zero-order valence-corrected chi connectivity index (χ0v) is 12.4. The standard InChI is InChI=1S/C14H13ClN4O3/c15-11-6-9(12-8-22-14(20)18-17-12)5-10(7-16)13(11)19-1-3-21-4-2-19/h5-6H,1-4,8H2,(H,18,20). The largest absolute Gasteiger partial charge is 0.442 e. The summed E-state index contributed by atoms with van der Waals surface area (Å²) in [5, 5.41) is 13.8. The third-order valence-electron chi connectivity index (χ3n) is 3.47. The molecule has 0 radical (unpaired) electrons. The van der Waals surface area contributed by atoms with Crippen LogP contribution in [-0.2, 0) is 9.47 Å². The maximum absolute atomic E-state index is 11.0. The van der Waals surface area contributed by atoms with Crippen molar-refractivity contribution in [1.29, 1.82) is 5.26 Å². The van der Waals surface area contributed by atoms with E-state index >= 15 is 0 Å². The lowest BCUT2D eigenvalue weighted by molar-refractivity contribution is 0.122. The second-order valence-corrected chi connectivity index (χ2v) is 5.22. The number of hydrazone groups is 1. The van der Waals surface area contributed by atoms with Gasteiger partial charge in [0.1, 0.15) is 18.4 Å². The van der Waals surface area contributed by atoms with Crippen LogP contribution < -0.4 is 10.3 Å². The summed E-state index contributed by atoms with van der Waals surface area (Å²) in [6, 6.07) is 5.61. The number of amides is 1. The average Bonchev–Trinajstić information content (AvgIpc) is 2.55. The molecule has 0 unspecified atom stereocenters. The first-order chi connectivity index (χ1) is 10.7. The van der Waals surface area contributed by atoms with Crippen LogP contribution in [0.2, 0.25) is 5.02 Å². The molecular formula is C14H13ClN4O3. The Morgan fingerprint density at radius 3 is 2.77 bits per heavy atom. The van der Waals surface area contributed by atoms with Crippen LogP contribution in [0.5, 0.6) is 0 Å². The topological polar surface area (TPSA) is 87.0 Å². The van der Waals surface area contributed by atoms with Crippen molar-refractivity contribution in [2.24, 2.45) is 5.10 Å². The molecule has 1 aromatic rings. The van der Waals surface area contributed by atoms with E-state index in [4.69, 9.17) is 21.1 Å². The minimum absolute atomic E-state index is 0.0456. The molecule has 22 heavy (non-hydrogen) atoms. The molecule has 0 bridgehead atoms. The van der Waals surface area contributed by atoms with Crippen molar-refractivity contribution >= 4 is 29.1 Å². The Labute approximate surface area is 132 Å². The minimum atomic E-state index is -0.597. The van der Waals surface area contributed by atoms with Gasteiger partial charge >= 0.3 is 6.09 Å². The van der Waals surface area contributed by atoms with Gasteiger partial charge in [-0.15, -0.1) is 0 Å². The Morgan fingerprint density at radius 1 is 1.36 bits per heavy atom. The van der Waals surface area contributed by atoms with Crippen LogP contribution in [-0.4, -0.2) is 44.7 Å². The van der Waals surface area contributed by atoms with Crippen LogP contribution in [0.15, 0.2) is 17.2 Å². The first-order valence-electron chi connectivity index (χ1n) is 6.75. The van der Waals surface area contributed by atoms with Gasteiger partial charge in [-0.25, -0.2) is 10.2 Å². The highest BCUT2D eigenvalue weighted by molar-refractivity contribution is 6.34. The molecule has 1 aromatic carbocycles. The highest BCUT2D eigenvalue weighted by Gasteiger charge is 2.21. The lowest BCUT2D eigenvalue weighted by atomic mass is 10.0. The number of anilines is 1. The molecule has 0 aliphatic carbocycles. The smallest absolute Gasteiger partial charge is 0.428 e. The number of morpholine rings is 1. The first kappa shape index (κ1) is 14.6. The van der Waals surface area contributed by atoms with E-state index in [1.807, 2.05) is 4.90 Å². The molecule has 1 amide bonds. The van der Waals surface area contributed by atoms with E-state index in [0.29, 0.717) is 53.9 Å². The summed E-state index contributed by atoms with van der Waals surface area (Å²) in [6.45, 7) is 2.64. The fourth-order valence-electron chi connectivity index (χ4n) is 2.42. The van der Waals surface area contributed by atoms with Crippen LogP contribution in [0.3, 0.4) is 0 Å². The zero-order valence-electron chi connectivity index (χ0n) is 11.6. The number of cyclic esters (lactones) is 1. The Morgan fingerprint density at radius 2 is 2.14 bits per heavy atom. The Bertz CT molecular complexity index is 677. The number of benzene rings is 1. The fourth-order valence-corrected chi connectivity index (χ4v) is 2.76. The molecule has 0 spiro atoms. The van der Waals surface area contributed by atoms with Crippen LogP contribution in [0, 0.1) is 11.3 Å². The van der Waals surface area contributed by atoms with Crippen molar-refractivity contribution in [2.75, 3.05) is 37.8 Å². The maximum Gasteiger partial charge on any atom is 0.428 e. The van der Waals surface area contributed by atoms with Gasteiger partial charge in [0.05, 0.1) is 29.5 Å². The Balaban J connectivity index is 1.97. The lowest BCUT2D eigenvalue weighted by Crippen LogP contribution is -2.37. The van der Waals surface area contributed by atoms with E-state index in [1.165, 1.54) is 0 Å². The van der Waals surface area contributed by atoms with Crippen molar-refractivity contribution < 1.29 is 14.3 Å². The van der Waals surface area contributed by atoms with E-state index < -0.39 is 6.09 Å². The number of nitrogens with one attached hydrogen (secondary N) is 1. The summed E-state index contributed by atoms with van der Waals surface area (Å²) in [4.78, 5) is 13.0. The third-order valence-corrected chi connectivity index (χ3v) is 3.75. The number of carbonyl (C=O) groups excluding carboxylic acids is 1. The molecule has 1 fully saturated rings. The number of hydrogen-bond acceptors (Lipinski definition) is 6. The fraction of sp³-hybridized carbons (Fsp3) is 0.357. The summed E-state index contributed by atoms with van der Waals surface area (Å²) in [5.41, 5.74) is 4.58. The Hall–Kier alpha value is -2.30. The van der Waals surface area contributed by atoms with Gasteiger partial charge in [0.15, 0.2) is 0 Å². The summed E-state index contributed by atoms with van der Waals surface area (Å²) in [5.74, 6) is 0. The molecule has 2 aliphatic heterocycles. The first-order valence-corrected chi connectivity index (χ1v) is 7.13. The highest BCUT2D eigenvalue weighted by atomic mass is 35.5. The van der Waals surface area contributed by atoms with Gasteiger partial charge < -0.3 is 14.4 Å². The van der Waals surface area contributed by atoms with Crippen LogP contribution >= 0.6 is 11.6 Å². The van der Waals surface area contributed by atoms with Crippen LogP contribution in [0.25, 0.3) is 0 Å². The SMILES string of the molecule is N#Cc1cc(C2=NNC(=O)OC2)cc(Cl)c1N1CCOCC1. The van der Waals surface area contributed by atoms with Crippen LogP contribution in [0.1, 0.15) is 11.1 Å². The maximum atomic E-state index is 11.0. The molecule has 3 rings (SSSR count). The summed E-state index contributed by atoms with van der Waals surface area (Å²) >= 11 is 6.38. The molecule has 114 valence electrons. The van der Waals surface area contributed by atoms with Gasteiger partial charge in [0, 0.05) is 18.7 Å². The second kappa shape index (κ2) is 6.22. The normalized spacial score (nSPS) is 18.1. The van der Waals surface area contributed by atoms with E-state index in [9.17, 15) is 10.1 Å². The number of hydrogen-bond donors (Lipinski definition) is 1. The molecule has 7 nitrogen and oxygen atoms in total. The zero-order chi connectivity index (χ0) is 15.5. The monoisotopic (exact) mass is 320 g/mol. The summed E-state index contributed by atoms with van der Waals surface area (Å²) in [6.07, 6.45) is -0.597. The van der Waals surface area contributed by atoms with E-state index in [1.54, 1.807) is 12.1 Å². The molecule has 0 atom stereocenters. The molecule has 0 saturated carbocycles. The van der Waals surface area contributed by atoms with Gasteiger partial charge in [-0.1, -0.05) is 11.6 Å². The molecule has 1 N–H and O–H groups in total. The predicted octanol–water partition coefficient (Wildman–Crippen LogP) is 1.49. The van der Waals surface area contributed by atoms with Crippen molar-refractivity contribution in [1.82, 2.24) is 5.43 Å². The molecule has 8 heteroatoms. The summed E-state index contributed by atoms with van der Waals surface area (Å²) < 4.78 is 10.2. The number of ether oxygens (including phenoxy) is 2. The van der Waals surface area contributed by atoms with E-state index in [2.05, 4.69) is 16.6 Å². The third kappa shape index (κ3) is 2.84. The Kier molecular flexibility index (Phi) is 4.13. The number of carbonyl (C=O) groups is 1. The minimum Gasteiger partial charge on any atom is -0.442 e. The summed E-state index contributed by atoms with van der Waals surface area (Å²) in [7, 11) is 0. The van der Waals surface area contributed by atoms with Gasteiger partial charge in [-0.05, 0) is 12.1 Å². The quantitative estimate of drug-likeness (QED) is 0.892. The van der Waals surface area contributed by atoms with Crippen molar-refractivity contribution in [3.05, 3.63) is 28.3 Å². The predicted molar refractivity (Wildman–Crippen MR) is 80.2 cm³/mol. The van der Waals surface area contributed by atoms with Gasteiger partial charge in [0.25, 0.3) is 0 Å². The number of rotatable bonds is 2. The molecular weight excluding hydrogens is 308 g/mol. The second-order valence-electron chi connectivity index (χ2n) is 4.81. The van der Waals surface area contributed by atoms with Gasteiger partial charge in [-0.2, -0.15) is 10.4 Å². The van der Waals surface area contributed by atoms with Crippen molar-refractivity contribution in [3.8, 4) is 6.07 Å². The van der Waals surface area contributed by atoms with E-state index in [0.717, 1.165) is 0 Å². The molecule has 2 heterocycles. The van der Waals surface area contributed by atoms with Crippen molar-refractivity contribution in [3.63, 3.8) is 0 Å². The van der Waals surface area contributed by atoms with Crippen LogP contribution in [0.4, 0.5) is 10.5 Å². The van der Waals surface area contributed by atoms with E-state index in [-0.39, 0.29) is 6.61 Å². The number of nitrogens with zero attached hydrogens (tertiary/aromatic N) is 3. The number of nitriles is 1. The van der Waals surface area contributed by atoms with Crippen molar-refractivity contribution in [2.45, 2.75) is 0 Å². The molecule has 0 aromatic heterocycles. The molecule has 2 aliphatic rings. The highest BCUT2D eigenvalue weighted by Crippen LogP contribution is 2.32. The molecule has 1 saturated heterocycles. The number of halogens is 1. The average molecular weight is 321 g/mol. The lowest BCUT2D eigenvalue weighted by Gasteiger charge is -2.30. The van der Waals surface area contributed by atoms with Gasteiger partial charge in [0.2, 0.25) is 0 Å².